The lowest BCUT2D eigenvalue weighted by Gasteiger charge is -2.44. The number of nitrogens with one attached hydrogen (secondary N) is 1. The summed E-state index contributed by atoms with van der Waals surface area (Å²) < 4.78 is 16.8. The highest BCUT2D eigenvalue weighted by molar-refractivity contribution is 5.98. The molecular weight excluding hydrogens is 444 g/mol. The van der Waals surface area contributed by atoms with Gasteiger partial charge in [-0.3, -0.25) is 9.59 Å². The Hall–Kier alpha value is -3.48. The number of carbonyl (C=O) groups is 2. The first-order valence-electron chi connectivity index (χ1n) is 12.2. The first-order valence-corrected chi connectivity index (χ1v) is 12.2. The van der Waals surface area contributed by atoms with E-state index in [1.54, 1.807) is 25.2 Å². The third-order valence-electron chi connectivity index (χ3n) is 6.66. The van der Waals surface area contributed by atoms with E-state index in [9.17, 15) is 9.59 Å². The van der Waals surface area contributed by atoms with Gasteiger partial charge in [0.1, 0.15) is 12.6 Å². The predicted molar refractivity (Wildman–Crippen MR) is 134 cm³/mol. The largest absolute Gasteiger partial charge is 0.493 e. The van der Waals surface area contributed by atoms with Crippen molar-refractivity contribution >= 4 is 17.9 Å². The van der Waals surface area contributed by atoms with Crippen molar-refractivity contribution in [3.63, 3.8) is 0 Å². The number of aryl methyl sites for hydroxylation is 1. The molecule has 0 radical (unpaired) electrons. The van der Waals surface area contributed by atoms with Crippen molar-refractivity contribution in [1.29, 1.82) is 0 Å². The van der Waals surface area contributed by atoms with E-state index in [-0.39, 0.29) is 30.5 Å². The number of fused-ring (bicyclic) bond motifs is 1. The molecule has 2 aromatic rings. The summed E-state index contributed by atoms with van der Waals surface area (Å²) >= 11 is 0. The van der Waals surface area contributed by atoms with Crippen LogP contribution in [0.4, 0.5) is 0 Å². The highest BCUT2D eigenvalue weighted by Crippen LogP contribution is 2.33. The molecule has 2 aromatic carbocycles. The summed E-state index contributed by atoms with van der Waals surface area (Å²) in [6.07, 6.45) is 6.21. The molecule has 0 bridgehead atoms. The van der Waals surface area contributed by atoms with Gasteiger partial charge in [0.15, 0.2) is 17.3 Å². The number of hydrogen-bond acceptors (Lipinski definition) is 5. The smallest absolute Gasteiger partial charge is 0.289 e. The normalized spacial score (nSPS) is 20.7. The molecule has 1 heterocycles. The minimum Gasteiger partial charge on any atom is -0.493 e. The van der Waals surface area contributed by atoms with Gasteiger partial charge in [-0.15, -0.1) is 0 Å². The van der Waals surface area contributed by atoms with E-state index >= 15 is 0 Å². The molecular formula is C28H34N2O5. The van der Waals surface area contributed by atoms with Gasteiger partial charge in [0.05, 0.1) is 20.3 Å². The van der Waals surface area contributed by atoms with Gasteiger partial charge in [-0.25, -0.2) is 0 Å². The third kappa shape index (κ3) is 5.96. The summed E-state index contributed by atoms with van der Waals surface area (Å²) in [4.78, 5) is 27.9. The molecule has 2 aliphatic rings. The summed E-state index contributed by atoms with van der Waals surface area (Å²) in [7, 11) is 3.20. The van der Waals surface area contributed by atoms with Gasteiger partial charge in [-0.05, 0) is 61.9 Å². The second kappa shape index (κ2) is 11.3. The minimum absolute atomic E-state index is 0.0282. The van der Waals surface area contributed by atoms with Crippen LogP contribution in [0.15, 0.2) is 48.2 Å². The van der Waals surface area contributed by atoms with Gasteiger partial charge < -0.3 is 24.4 Å². The predicted octanol–water partition coefficient (Wildman–Crippen LogP) is 3.88. The SMILES string of the molecule is COc1ccc(CCNC(=O)CN2C(=O)/C(=C\c3cccc(C)c3)OC3CCCCC32)cc1OC. The van der Waals surface area contributed by atoms with Crippen molar-refractivity contribution in [2.75, 3.05) is 27.3 Å². The molecule has 186 valence electrons. The number of hydrogen-bond donors (Lipinski definition) is 1. The summed E-state index contributed by atoms with van der Waals surface area (Å²) in [6.45, 7) is 2.51. The molecule has 7 heteroatoms. The number of benzene rings is 2. The molecule has 35 heavy (non-hydrogen) atoms. The Balaban J connectivity index is 1.41. The van der Waals surface area contributed by atoms with Crippen molar-refractivity contribution in [3.05, 3.63) is 64.9 Å². The fourth-order valence-electron chi connectivity index (χ4n) is 4.87. The fourth-order valence-corrected chi connectivity index (χ4v) is 4.87. The molecule has 0 spiro atoms. The number of morpholine rings is 1. The number of amides is 2. The Bertz CT molecular complexity index is 1100. The summed E-state index contributed by atoms with van der Waals surface area (Å²) in [6, 6.07) is 13.6. The van der Waals surface area contributed by atoms with Crippen molar-refractivity contribution in [2.24, 2.45) is 0 Å². The van der Waals surface area contributed by atoms with E-state index in [2.05, 4.69) is 5.32 Å². The summed E-state index contributed by atoms with van der Waals surface area (Å²) in [5, 5.41) is 2.97. The van der Waals surface area contributed by atoms with Crippen LogP contribution in [-0.4, -0.2) is 56.2 Å². The zero-order valence-corrected chi connectivity index (χ0v) is 20.7. The van der Waals surface area contributed by atoms with Gasteiger partial charge in [-0.1, -0.05) is 42.3 Å². The van der Waals surface area contributed by atoms with Gasteiger partial charge >= 0.3 is 0 Å². The highest BCUT2D eigenvalue weighted by atomic mass is 16.5. The van der Waals surface area contributed by atoms with Crippen molar-refractivity contribution in [3.8, 4) is 11.5 Å². The molecule has 0 aromatic heterocycles. The molecule has 1 aliphatic carbocycles. The van der Waals surface area contributed by atoms with E-state index in [4.69, 9.17) is 14.2 Å². The van der Waals surface area contributed by atoms with Crippen LogP contribution in [0.5, 0.6) is 11.5 Å². The number of nitrogens with zero attached hydrogens (tertiary/aromatic N) is 1. The Morgan fingerprint density at radius 2 is 1.91 bits per heavy atom. The van der Waals surface area contributed by atoms with Crippen molar-refractivity contribution in [1.82, 2.24) is 10.2 Å². The first kappa shape index (κ1) is 24.6. The van der Waals surface area contributed by atoms with Gasteiger partial charge in [-0.2, -0.15) is 0 Å². The first-order chi connectivity index (χ1) is 17.0. The number of rotatable bonds is 8. The maximum absolute atomic E-state index is 13.4. The average Bonchev–Trinajstić information content (AvgIpc) is 2.86. The zero-order chi connectivity index (χ0) is 24.8. The fraction of sp³-hybridized carbons (Fsp3) is 0.429. The Labute approximate surface area is 207 Å². The van der Waals surface area contributed by atoms with Crippen LogP contribution < -0.4 is 14.8 Å². The molecule has 1 saturated carbocycles. The lowest BCUT2D eigenvalue weighted by Crippen LogP contribution is -2.57. The van der Waals surface area contributed by atoms with E-state index in [0.717, 1.165) is 42.4 Å². The second-order valence-electron chi connectivity index (χ2n) is 9.15. The monoisotopic (exact) mass is 478 g/mol. The number of carbonyl (C=O) groups excluding carboxylic acids is 2. The summed E-state index contributed by atoms with van der Waals surface area (Å²) in [5.41, 5.74) is 3.06. The molecule has 1 N–H and O–H groups in total. The standard InChI is InChI=1S/C28H34N2O5/c1-19-7-6-8-21(15-19)17-26-28(32)30(22-9-4-5-10-23(22)35-26)18-27(31)29-14-13-20-11-12-24(33-2)25(16-20)34-3/h6-8,11-12,15-17,22-23H,4-5,9-10,13-14,18H2,1-3H3,(H,29,31)/b26-17+. The Morgan fingerprint density at radius 3 is 2.69 bits per heavy atom. The minimum atomic E-state index is -0.218. The molecule has 2 fully saturated rings. The van der Waals surface area contributed by atoms with Crippen molar-refractivity contribution < 1.29 is 23.8 Å². The summed E-state index contributed by atoms with van der Waals surface area (Å²) in [5.74, 6) is 1.26. The number of ether oxygens (including phenoxy) is 3. The van der Waals surface area contributed by atoms with Crippen LogP contribution in [0, 0.1) is 6.92 Å². The van der Waals surface area contributed by atoms with Gasteiger partial charge in [0, 0.05) is 6.54 Å². The van der Waals surface area contributed by atoms with Crippen LogP contribution in [0.2, 0.25) is 0 Å². The van der Waals surface area contributed by atoms with Crippen LogP contribution in [0.3, 0.4) is 0 Å². The van der Waals surface area contributed by atoms with Crippen LogP contribution in [0.1, 0.15) is 42.4 Å². The number of methoxy groups -OCH3 is 2. The average molecular weight is 479 g/mol. The Kier molecular flexibility index (Phi) is 7.95. The third-order valence-corrected chi connectivity index (χ3v) is 6.66. The maximum atomic E-state index is 13.4. The van der Waals surface area contributed by atoms with E-state index in [0.29, 0.717) is 30.2 Å². The quantitative estimate of drug-likeness (QED) is 0.583. The lowest BCUT2D eigenvalue weighted by molar-refractivity contribution is -0.151. The second-order valence-corrected chi connectivity index (χ2v) is 9.15. The lowest BCUT2D eigenvalue weighted by atomic mass is 9.89. The molecule has 2 unspecified atom stereocenters. The molecule has 1 saturated heterocycles. The molecule has 7 nitrogen and oxygen atoms in total. The Morgan fingerprint density at radius 1 is 1.11 bits per heavy atom. The zero-order valence-electron chi connectivity index (χ0n) is 20.7. The van der Waals surface area contributed by atoms with E-state index in [1.165, 1.54) is 0 Å². The van der Waals surface area contributed by atoms with E-state index in [1.807, 2.05) is 49.4 Å². The molecule has 2 amide bonds. The van der Waals surface area contributed by atoms with Crippen LogP contribution in [0.25, 0.3) is 6.08 Å². The van der Waals surface area contributed by atoms with Gasteiger partial charge in [0.25, 0.3) is 5.91 Å². The maximum Gasteiger partial charge on any atom is 0.289 e. The highest BCUT2D eigenvalue weighted by Gasteiger charge is 2.42. The van der Waals surface area contributed by atoms with Crippen molar-refractivity contribution in [2.45, 2.75) is 51.2 Å². The van der Waals surface area contributed by atoms with Gasteiger partial charge in [0.2, 0.25) is 5.91 Å². The van der Waals surface area contributed by atoms with E-state index < -0.39 is 0 Å². The van der Waals surface area contributed by atoms with Crippen LogP contribution in [-0.2, 0) is 20.7 Å². The van der Waals surface area contributed by atoms with Crippen LogP contribution >= 0.6 is 0 Å². The topological polar surface area (TPSA) is 77.1 Å². The molecule has 1 aliphatic heterocycles. The molecule has 2 atom stereocenters. The molecule has 4 rings (SSSR count).